The van der Waals surface area contributed by atoms with Crippen LogP contribution in [0, 0.1) is 0 Å². The molecule has 0 spiro atoms. The van der Waals surface area contributed by atoms with Crippen LogP contribution in [0.4, 0.5) is 0 Å². The molecule has 1 amide bonds. The molecule has 0 bridgehead atoms. The molecule has 4 rings (SSSR count). The number of nitrogens with one attached hydrogen (secondary N) is 1. The molecule has 5 heteroatoms. The van der Waals surface area contributed by atoms with Crippen LogP contribution in [-0.2, 0) is 0 Å². The van der Waals surface area contributed by atoms with E-state index in [0.29, 0.717) is 0 Å². The van der Waals surface area contributed by atoms with Crippen molar-refractivity contribution in [3.63, 3.8) is 0 Å². The van der Waals surface area contributed by atoms with Crippen LogP contribution < -0.4 is 4.74 Å². The van der Waals surface area contributed by atoms with Crippen LogP contribution in [-0.4, -0.2) is 60.5 Å². The number of carbonyl (C=O) groups is 1. The smallest absolute Gasteiger partial charge is 0.256 e. The second kappa shape index (κ2) is 8.31. The number of H-pyrrole nitrogens is 1. The molecule has 1 saturated heterocycles. The number of rotatable bonds is 5. The zero-order chi connectivity index (χ0) is 19.3. The molecule has 5 nitrogen and oxygen atoms in total. The van der Waals surface area contributed by atoms with Crippen LogP contribution in [0.5, 0.6) is 5.75 Å². The number of fused-ring (bicyclic) bond motifs is 1. The number of amides is 1. The van der Waals surface area contributed by atoms with Crippen LogP contribution in [0.15, 0.2) is 60.8 Å². The molecular weight excluding hydrogens is 350 g/mol. The van der Waals surface area contributed by atoms with Crippen molar-refractivity contribution in [2.75, 3.05) is 39.8 Å². The molecule has 1 N–H and O–H groups in total. The Kier molecular flexibility index (Phi) is 5.44. The second-order valence-corrected chi connectivity index (χ2v) is 7.02. The first-order valence-corrected chi connectivity index (χ1v) is 9.63. The normalized spacial score (nSPS) is 15.4. The fraction of sp³-hybridized carbons (Fsp3) is 0.261. The summed E-state index contributed by atoms with van der Waals surface area (Å²) in [5.74, 6) is 0.876. The molecule has 1 aromatic heterocycles. The van der Waals surface area contributed by atoms with Gasteiger partial charge in [-0.15, -0.1) is 0 Å². The zero-order valence-electron chi connectivity index (χ0n) is 16.1. The Bertz CT molecular complexity index is 970. The highest BCUT2D eigenvalue weighted by atomic mass is 16.5. The maximum Gasteiger partial charge on any atom is 0.256 e. The van der Waals surface area contributed by atoms with Crippen molar-refractivity contribution in [3.8, 4) is 5.75 Å². The summed E-state index contributed by atoms with van der Waals surface area (Å²) < 4.78 is 5.25. The molecule has 2 heterocycles. The number of ether oxygens (including phenoxy) is 1. The van der Waals surface area contributed by atoms with Crippen molar-refractivity contribution in [1.29, 1.82) is 0 Å². The summed E-state index contributed by atoms with van der Waals surface area (Å²) in [7, 11) is 1.64. The highest BCUT2D eigenvalue weighted by Gasteiger charge is 2.23. The van der Waals surface area contributed by atoms with Crippen LogP contribution in [0.25, 0.3) is 17.0 Å². The first-order valence-electron chi connectivity index (χ1n) is 9.63. The number of hydrogen-bond acceptors (Lipinski definition) is 3. The first-order chi connectivity index (χ1) is 13.7. The molecule has 28 heavy (non-hydrogen) atoms. The Hall–Kier alpha value is -3.05. The maximum absolute atomic E-state index is 13.0. The van der Waals surface area contributed by atoms with E-state index in [2.05, 4.69) is 34.2 Å². The quantitative estimate of drug-likeness (QED) is 0.741. The summed E-state index contributed by atoms with van der Waals surface area (Å²) in [6, 6.07) is 16.1. The van der Waals surface area contributed by atoms with E-state index in [1.54, 1.807) is 13.3 Å². The van der Waals surface area contributed by atoms with Crippen molar-refractivity contribution in [3.05, 3.63) is 71.9 Å². The third-order valence-electron chi connectivity index (χ3n) is 5.25. The number of carbonyl (C=O) groups excluding carboxylic acids is 1. The van der Waals surface area contributed by atoms with Gasteiger partial charge < -0.3 is 14.6 Å². The second-order valence-electron chi connectivity index (χ2n) is 7.02. The molecule has 2 aromatic carbocycles. The average molecular weight is 375 g/mol. The van der Waals surface area contributed by atoms with Gasteiger partial charge in [-0.25, -0.2) is 0 Å². The predicted octanol–water partition coefficient (Wildman–Crippen LogP) is 3.65. The third kappa shape index (κ3) is 3.94. The molecule has 0 unspecified atom stereocenters. The number of benzene rings is 2. The van der Waals surface area contributed by atoms with Gasteiger partial charge in [-0.2, -0.15) is 0 Å². The van der Waals surface area contributed by atoms with Gasteiger partial charge in [0.15, 0.2) is 0 Å². The summed E-state index contributed by atoms with van der Waals surface area (Å²) >= 11 is 0. The summed E-state index contributed by atoms with van der Waals surface area (Å²) in [5, 5.41) is 0.944. The Morgan fingerprint density at radius 1 is 1.11 bits per heavy atom. The molecule has 1 aliphatic heterocycles. The molecule has 0 aliphatic carbocycles. The highest BCUT2D eigenvalue weighted by molar-refractivity contribution is 6.07. The summed E-state index contributed by atoms with van der Waals surface area (Å²) in [6.07, 6.45) is 6.15. The Balaban J connectivity index is 1.35. The van der Waals surface area contributed by atoms with Gasteiger partial charge in [0.05, 0.1) is 12.7 Å². The standard InChI is InChI=1S/C23H25N3O2/c1-28-19-9-10-20-21(17-24-22(20)16-19)23(27)26-14-12-25(13-15-26)11-5-8-18-6-3-2-4-7-18/h2-10,16-17,24H,11-15H2,1H3/b8-5+. The van der Waals surface area contributed by atoms with Gasteiger partial charge in [-0.05, 0) is 17.7 Å². The lowest BCUT2D eigenvalue weighted by Crippen LogP contribution is -2.48. The fourth-order valence-electron chi connectivity index (χ4n) is 3.62. The van der Waals surface area contributed by atoms with Gasteiger partial charge in [-0.1, -0.05) is 42.5 Å². The first kappa shape index (κ1) is 18.3. The molecular formula is C23H25N3O2. The van der Waals surface area contributed by atoms with E-state index in [0.717, 1.165) is 54.9 Å². The van der Waals surface area contributed by atoms with Gasteiger partial charge >= 0.3 is 0 Å². The topological polar surface area (TPSA) is 48.6 Å². The van der Waals surface area contributed by atoms with Gasteiger partial charge in [0.1, 0.15) is 5.75 Å². The Labute approximate surface area is 165 Å². The number of aromatic amines is 1. The van der Waals surface area contributed by atoms with E-state index in [1.165, 1.54) is 5.56 Å². The number of piperazine rings is 1. The summed E-state index contributed by atoms with van der Waals surface area (Å²) in [6.45, 7) is 4.19. The van der Waals surface area contributed by atoms with Gasteiger partial charge in [-0.3, -0.25) is 9.69 Å². The monoisotopic (exact) mass is 375 g/mol. The van der Waals surface area contributed by atoms with Crippen LogP contribution in [0.2, 0.25) is 0 Å². The molecule has 0 atom stereocenters. The van der Waals surface area contributed by atoms with E-state index >= 15 is 0 Å². The van der Waals surface area contributed by atoms with Crippen LogP contribution in [0.1, 0.15) is 15.9 Å². The minimum atomic E-state index is 0.0934. The molecule has 0 saturated carbocycles. The van der Waals surface area contributed by atoms with Crippen molar-refractivity contribution >= 4 is 22.9 Å². The lowest BCUT2D eigenvalue weighted by atomic mass is 10.1. The lowest BCUT2D eigenvalue weighted by Gasteiger charge is -2.34. The van der Waals surface area contributed by atoms with Crippen molar-refractivity contribution < 1.29 is 9.53 Å². The fourth-order valence-corrected chi connectivity index (χ4v) is 3.62. The molecule has 144 valence electrons. The molecule has 0 radical (unpaired) electrons. The predicted molar refractivity (Wildman–Crippen MR) is 113 cm³/mol. The maximum atomic E-state index is 13.0. The molecule has 3 aromatic rings. The number of aromatic nitrogens is 1. The van der Waals surface area contributed by atoms with E-state index in [9.17, 15) is 4.79 Å². The minimum Gasteiger partial charge on any atom is -0.497 e. The minimum absolute atomic E-state index is 0.0934. The Morgan fingerprint density at radius 3 is 2.64 bits per heavy atom. The van der Waals surface area contributed by atoms with E-state index in [4.69, 9.17) is 4.74 Å². The summed E-state index contributed by atoms with van der Waals surface area (Å²) in [4.78, 5) is 20.5. The molecule has 1 aliphatic rings. The SMILES string of the molecule is COc1ccc2c(C(=O)N3CCN(C/C=C/c4ccccc4)CC3)c[nH]c2c1. The molecule has 1 fully saturated rings. The Morgan fingerprint density at radius 2 is 1.89 bits per heavy atom. The average Bonchev–Trinajstić information content (AvgIpc) is 3.17. The zero-order valence-corrected chi connectivity index (χ0v) is 16.1. The van der Waals surface area contributed by atoms with Crippen LogP contribution >= 0.6 is 0 Å². The van der Waals surface area contributed by atoms with Gasteiger partial charge in [0.25, 0.3) is 5.91 Å². The van der Waals surface area contributed by atoms with Crippen LogP contribution in [0.3, 0.4) is 0 Å². The summed E-state index contributed by atoms with van der Waals surface area (Å²) in [5.41, 5.74) is 2.87. The lowest BCUT2D eigenvalue weighted by molar-refractivity contribution is 0.0652. The third-order valence-corrected chi connectivity index (χ3v) is 5.25. The highest BCUT2D eigenvalue weighted by Crippen LogP contribution is 2.24. The van der Waals surface area contributed by atoms with Gasteiger partial charge in [0, 0.05) is 55.9 Å². The van der Waals surface area contributed by atoms with E-state index in [1.807, 2.05) is 41.3 Å². The number of methoxy groups -OCH3 is 1. The van der Waals surface area contributed by atoms with Crippen molar-refractivity contribution in [2.24, 2.45) is 0 Å². The van der Waals surface area contributed by atoms with Gasteiger partial charge in [0.2, 0.25) is 0 Å². The van der Waals surface area contributed by atoms with Crippen molar-refractivity contribution in [2.45, 2.75) is 0 Å². The van der Waals surface area contributed by atoms with E-state index in [-0.39, 0.29) is 5.91 Å². The number of hydrogen-bond donors (Lipinski definition) is 1. The van der Waals surface area contributed by atoms with Crippen molar-refractivity contribution in [1.82, 2.24) is 14.8 Å². The van der Waals surface area contributed by atoms with E-state index < -0.39 is 0 Å². The largest absolute Gasteiger partial charge is 0.497 e. The number of nitrogens with zero attached hydrogens (tertiary/aromatic N) is 2.